The van der Waals surface area contributed by atoms with Crippen molar-refractivity contribution >= 4 is 27.5 Å². The molecular weight excluding hydrogens is 378 g/mol. The molecule has 154 valence electrons. The van der Waals surface area contributed by atoms with Crippen LogP contribution in [0.3, 0.4) is 0 Å². The van der Waals surface area contributed by atoms with E-state index in [1.165, 1.54) is 15.9 Å². The van der Waals surface area contributed by atoms with Crippen LogP contribution in [0.15, 0.2) is 9.59 Å². The van der Waals surface area contributed by atoms with Crippen molar-refractivity contribution in [2.75, 3.05) is 6.54 Å². The van der Waals surface area contributed by atoms with Crippen LogP contribution < -0.4 is 16.6 Å². The molecule has 2 aromatic rings. The zero-order valence-corrected chi connectivity index (χ0v) is 18.2. The molecule has 2 aromatic heterocycles. The third kappa shape index (κ3) is 3.93. The van der Waals surface area contributed by atoms with Crippen LogP contribution in [0, 0.1) is 12.8 Å². The molecule has 2 heterocycles. The monoisotopic (exact) mass is 407 g/mol. The highest BCUT2D eigenvalue weighted by Gasteiger charge is 2.38. The highest BCUT2D eigenvalue weighted by molar-refractivity contribution is 7.18. The Morgan fingerprint density at radius 3 is 2.50 bits per heavy atom. The SMILES string of the molecule is CCn1c(=O)n([C@H]2C[C@@H]2C)c(=O)c2c(C)c(CNCC(=O)OC(C)(C)C)sc21. The molecule has 0 amide bonds. The van der Waals surface area contributed by atoms with Gasteiger partial charge in [-0.25, -0.2) is 4.79 Å². The Morgan fingerprint density at radius 1 is 1.32 bits per heavy atom. The lowest BCUT2D eigenvalue weighted by atomic mass is 10.2. The number of aromatic nitrogens is 2. The Morgan fingerprint density at radius 2 is 1.96 bits per heavy atom. The molecule has 1 N–H and O–H groups in total. The second-order valence-corrected chi connectivity index (χ2v) is 9.59. The number of nitrogens with one attached hydrogen (secondary N) is 1. The number of nitrogens with zero attached hydrogens (tertiary/aromatic N) is 2. The first-order chi connectivity index (χ1) is 13.0. The molecule has 1 aliphatic carbocycles. The Bertz CT molecular complexity index is 1030. The van der Waals surface area contributed by atoms with Gasteiger partial charge in [0.05, 0.1) is 11.9 Å². The number of rotatable bonds is 6. The number of fused-ring (bicyclic) bond motifs is 1. The number of ether oxygens (including phenoxy) is 1. The van der Waals surface area contributed by atoms with Crippen LogP contribution in [-0.4, -0.2) is 27.2 Å². The minimum Gasteiger partial charge on any atom is -0.459 e. The average Bonchev–Trinajstić information content (AvgIpc) is 3.18. The van der Waals surface area contributed by atoms with Gasteiger partial charge >= 0.3 is 11.7 Å². The molecule has 0 unspecified atom stereocenters. The first-order valence-corrected chi connectivity index (χ1v) is 10.6. The minimum absolute atomic E-state index is 0.00948. The molecule has 3 rings (SSSR count). The maximum Gasteiger partial charge on any atom is 0.332 e. The second-order valence-electron chi connectivity index (χ2n) is 8.50. The molecule has 8 heteroatoms. The number of hydrogen-bond acceptors (Lipinski definition) is 6. The molecule has 0 radical (unpaired) electrons. The summed E-state index contributed by atoms with van der Waals surface area (Å²) in [5.41, 5.74) is -0.0462. The van der Waals surface area contributed by atoms with E-state index in [-0.39, 0.29) is 29.8 Å². The van der Waals surface area contributed by atoms with Crippen LogP contribution in [0.4, 0.5) is 0 Å². The van der Waals surface area contributed by atoms with Gasteiger partial charge in [-0.15, -0.1) is 11.3 Å². The quantitative estimate of drug-likeness (QED) is 0.744. The molecule has 0 spiro atoms. The lowest BCUT2D eigenvalue weighted by Gasteiger charge is -2.19. The first-order valence-electron chi connectivity index (χ1n) is 9.75. The predicted molar refractivity (Wildman–Crippen MR) is 111 cm³/mol. The third-order valence-electron chi connectivity index (χ3n) is 5.03. The lowest BCUT2D eigenvalue weighted by Crippen LogP contribution is -2.39. The van der Waals surface area contributed by atoms with Gasteiger partial charge in [0.2, 0.25) is 0 Å². The van der Waals surface area contributed by atoms with Gasteiger partial charge in [-0.3, -0.25) is 18.7 Å². The molecule has 0 bridgehead atoms. The molecule has 1 saturated carbocycles. The highest BCUT2D eigenvalue weighted by Crippen LogP contribution is 2.41. The Hall–Kier alpha value is -1.93. The molecule has 28 heavy (non-hydrogen) atoms. The average molecular weight is 408 g/mol. The second kappa shape index (κ2) is 7.48. The third-order valence-corrected chi connectivity index (χ3v) is 6.35. The number of carbonyl (C=O) groups is 1. The summed E-state index contributed by atoms with van der Waals surface area (Å²) in [7, 11) is 0. The Kier molecular flexibility index (Phi) is 5.55. The van der Waals surface area contributed by atoms with Crippen LogP contribution in [0.1, 0.15) is 57.5 Å². The van der Waals surface area contributed by atoms with Crippen LogP contribution in [0.25, 0.3) is 10.2 Å². The molecular formula is C20H29N3O4S. The topological polar surface area (TPSA) is 82.3 Å². The summed E-state index contributed by atoms with van der Waals surface area (Å²) in [6.07, 6.45) is 0.873. The lowest BCUT2D eigenvalue weighted by molar-refractivity contribution is -0.153. The zero-order valence-electron chi connectivity index (χ0n) is 17.4. The zero-order chi connectivity index (χ0) is 20.8. The summed E-state index contributed by atoms with van der Waals surface area (Å²) < 4.78 is 8.43. The van der Waals surface area contributed by atoms with E-state index >= 15 is 0 Å². The summed E-state index contributed by atoms with van der Waals surface area (Å²) >= 11 is 1.44. The van der Waals surface area contributed by atoms with E-state index in [1.807, 2.05) is 34.6 Å². The molecule has 0 aliphatic heterocycles. The summed E-state index contributed by atoms with van der Waals surface area (Å²) in [6, 6.07) is 0.00948. The molecule has 0 saturated heterocycles. The number of hydrogen-bond donors (Lipinski definition) is 1. The maximum atomic E-state index is 13.1. The Labute approximate surface area is 168 Å². The van der Waals surface area contributed by atoms with Gasteiger partial charge in [-0.2, -0.15) is 0 Å². The molecule has 7 nitrogen and oxygen atoms in total. The highest BCUT2D eigenvalue weighted by atomic mass is 32.1. The number of thiophene rings is 1. The van der Waals surface area contributed by atoms with Gasteiger partial charge in [0.15, 0.2) is 0 Å². The van der Waals surface area contributed by atoms with Crippen LogP contribution in [0.2, 0.25) is 0 Å². The van der Waals surface area contributed by atoms with Gasteiger partial charge < -0.3 is 10.1 Å². The smallest absolute Gasteiger partial charge is 0.332 e. The first kappa shape index (κ1) is 20.8. The molecule has 1 aliphatic rings. The maximum absolute atomic E-state index is 13.1. The van der Waals surface area contributed by atoms with E-state index in [9.17, 15) is 14.4 Å². The molecule has 2 atom stereocenters. The number of esters is 1. The van der Waals surface area contributed by atoms with E-state index in [4.69, 9.17) is 4.74 Å². The van der Waals surface area contributed by atoms with E-state index in [2.05, 4.69) is 12.2 Å². The van der Waals surface area contributed by atoms with Crippen LogP contribution in [0.5, 0.6) is 0 Å². The van der Waals surface area contributed by atoms with Crippen molar-refractivity contribution < 1.29 is 9.53 Å². The van der Waals surface area contributed by atoms with Crippen molar-refractivity contribution in [3.8, 4) is 0 Å². The summed E-state index contributed by atoms with van der Waals surface area (Å²) in [5.74, 6) is 0.0453. The fourth-order valence-electron chi connectivity index (χ4n) is 3.47. The van der Waals surface area contributed by atoms with Crippen molar-refractivity contribution in [1.82, 2.24) is 14.5 Å². The van der Waals surface area contributed by atoms with Crippen molar-refractivity contribution in [2.24, 2.45) is 5.92 Å². The van der Waals surface area contributed by atoms with E-state index in [1.54, 1.807) is 4.57 Å². The number of aryl methyl sites for hydroxylation is 2. The summed E-state index contributed by atoms with van der Waals surface area (Å²) in [4.78, 5) is 39.5. The fourth-order valence-corrected chi connectivity index (χ4v) is 4.79. The van der Waals surface area contributed by atoms with Crippen molar-refractivity contribution in [2.45, 2.75) is 72.7 Å². The van der Waals surface area contributed by atoms with Gasteiger partial charge in [0.25, 0.3) is 5.56 Å². The minimum atomic E-state index is -0.519. The Balaban J connectivity index is 1.91. The normalized spacial score (nSPS) is 19.2. The fraction of sp³-hybridized carbons (Fsp3) is 0.650. The molecule has 0 aromatic carbocycles. The predicted octanol–water partition coefficient (Wildman–Crippen LogP) is 2.57. The largest absolute Gasteiger partial charge is 0.459 e. The van der Waals surface area contributed by atoms with Gasteiger partial charge in [-0.05, 0) is 52.5 Å². The van der Waals surface area contributed by atoms with Crippen molar-refractivity contribution in [3.05, 3.63) is 31.3 Å². The van der Waals surface area contributed by atoms with Crippen LogP contribution in [-0.2, 0) is 22.6 Å². The van der Waals surface area contributed by atoms with E-state index in [0.717, 1.165) is 16.9 Å². The van der Waals surface area contributed by atoms with Crippen molar-refractivity contribution in [1.29, 1.82) is 0 Å². The van der Waals surface area contributed by atoms with Gasteiger partial charge in [0.1, 0.15) is 10.4 Å². The van der Waals surface area contributed by atoms with Crippen LogP contribution >= 0.6 is 11.3 Å². The van der Waals surface area contributed by atoms with Gasteiger partial charge in [0, 0.05) is 24.0 Å². The van der Waals surface area contributed by atoms with E-state index in [0.29, 0.717) is 29.2 Å². The molecule has 1 fully saturated rings. The van der Waals surface area contributed by atoms with E-state index < -0.39 is 5.60 Å². The van der Waals surface area contributed by atoms with Crippen molar-refractivity contribution in [3.63, 3.8) is 0 Å². The number of carbonyl (C=O) groups excluding carboxylic acids is 1. The summed E-state index contributed by atoms with van der Waals surface area (Å²) in [5, 5.41) is 3.72. The van der Waals surface area contributed by atoms with Gasteiger partial charge in [-0.1, -0.05) is 6.92 Å². The summed E-state index contributed by atoms with van der Waals surface area (Å²) in [6.45, 7) is 12.4. The standard InChI is InChI=1S/C20H29N3O4S/c1-7-22-18-16(17(25)23(19(22)26)13-8-11(13)2)12(3)14(28-18)9-21-10-15(24)27-20(4,5)6/h11,13,21H,7-10H2,1-6H3/t11-,13-/m0/s1.